The first-order chi connectivity index (χ1) is 8.09. The zero-order valence-corrected chi connectivity index (χ0v) is 10.4. The van der Waals surface area contributed by atoms with Gasteiger partial charge in [-0.05, 0) is 39.7 Å². The molecule has 2 rings (SSSR count). The van der Waals surface area contributed by atoms with Crippen LogP contribution in [0.2, 0.25) is 0 Å². The van der Waals surface area contributed by atoms with E-state index >= 15 is 0 Å². The minimum atomic E-state index is -0.668. The average Bonchev–Trinajstić information content (AvgIpc) is 2.32. The van der Waals surface area contributed by atoms with Gasteiger partial charge in [0.15, 0.2) is 0 Å². The molecule has 88 valence electrons. The second-order valence-corrected chi connectivity index (χ2v) is 4.53. The van der Waals surface area contributed by atoms with Crippen molar-refractivity contribution < 1.29 is 8.78 Å². The molecule has 0 saturated heterocycles. The van der Waals surface area contributed by atoms with Crippen molar-refractivity contribution in [2.75, 3.05) is 0 Å². The maximum absolute atomic E-state index is 13.5. The van der Waals surface area contributed by atoms with Gasteiger partial charge in [0.2, 0.25) is 0 Å². The fraction of sp³-hybridized carbons (Fsp3) is 0.0769. The summed E-state index contributed by atoms with van der Waals surface area (Å²) in [6.45, 7) is 0. The standard InChI is InChI=1S/C13H10BrF2N/c14-10-6-5-8(7-12(10)16)13(17)9-3-1-2-4-11(9)15/h1-7,13H,17H2. The Kier molecular flexibility index (Phi) is 3.54. The molecule has 2 aromatic carbocycles. The molecule has 0 amide bonds. The Bertz CT molecular complexity index is 543. The summed E-state index contributed by atoms with van der Waals surface area (Å²) >= 11 is 3.06. The van der Waals surface area contributed by atoms with Crippen LogP contribution in [-0.2, 0) is 0 Å². The highest BCUT2D eigenvalue weighted by atomic mass is 79.9. The lowest BCUT2D eigenvalue weighted by Gasteiger charge is -2.13. The van der Waals surface area contributed by atoms with Crippen molar-refractivity contribution >= 4 is 15.9 Å². The number of rotatable bonds is 2. The van der Waals surface area contributed by atoms with Crippen LogP contribution in [0.15, 0.2) is 46.9 Å². The molecule has 1 unspecified atom stereocenters. The van der Waals surface area contributed by atoms with Crippen LogP contribution in [0.1, 0.15) is 17.2 Å². The molecule has 0 aliphatic heterocycles. The first kappa shape index (κ1) is 12.2. The predicted molar refractivity (Wildman–Crippen MR) is 66.5 cm³/mol. The lowest BCUT2D eigenvalue weighted by Crippen LogP contribution is -2.13. The fourth-order valence-electron chi connectivity index (χ4n) is 1.61. The third-order valence-corrected chi connectivity index (χ3v) is 3.19. The normalized spacial score (nSPS) is 12.5. The minimum Gasteiger partial charge on any atom is -0.320 e. The molecule has 0 bridgehead atoms. The topological polar surface area (TPSA) is 26.0 Å². The van der Waals surface area contributed by atoms with E-state index in [0.717, 1.165) is 0 Å². The van der Waals surface area contributed by atoms with Gasteiger partial charge in [-0.1, -0.05) is 24.3 Å². The molecule has 0 fully saturated rings. The van der Waals surface area contributed by atoms with Gasteiger partial charge in [-0.2, -0.15) is 0 Å². The zero-order valence-electron chi connectivity index (χ0n) is 8.83. The van der Waals surface area contributed by atoms with Gasteiger partial charge < -0.3 is 5.73 Å². The van der Waals surface area contributed by atoms with Crippen LogP contribution in [0, 0.1) is 11.6 Å². The van der Waals surface area contributed by atoms with Crippen molar-refractivity contribution in [1.29, 1.82) is 0 Å². The molecule has 0 radical (unpaired) electrons. The highest BCUT2D eigenvalue weighted by Crippen LogP contribution is 2.25. The summed E-state index contributed by atoms with van der Waals surface area (Å²) in [5.74, 6) is -0.794. The first-order valence-corrected chi connectivity index (χ1v) is 5.84. The molecule has 17 heavy (non-hydrogen) atoms. The van der Waals surface area contributed by atoms with E-state index < -0.39 is 11.9 Å². The molecule has 0 heterocycles. The van der Waals surface area contributed by atoms with Gasteiger partial charge in [-0.3, -0.25) is 0 Å². The number of hydrogen-bond acceptors (Lipinski definition) is 1. The summed E-state index contributed by atoms with van der Waals surface area (Å²) in [6.07, 6.45) is 0. The van der Waals surface area contributed by atoms with Gasteiger partial charge in [0.05, 0.1) is 10.5 Å². The van der Waals surface area contributed by atoms with Crippen molar-refractivity contribution in [2.24, 2.45) is 5.73 Å². The second kappa shape index (κ2) is 4.94. The summed E-state index contributed by atoms with van der Waals surface area (Å²) in [4.78, 5) is 0. The van der Waals surface area contributed by atoms with Crippen molar-refractivity contribution in [3.05, 3.63) is 69.7 Å². The second-order valence-electron chi connectivity index (χ2n) is 3.67. The van der Waals surface area contributed by atoms with E-state index in [-0.39, 0.29) is 5.82 Å². The largest absolute Gasteiger partial charge is 0.320 e. The Morgan fingerprint density at radius 1 is 1.00 bits per heavy atom. The fourth-order valence-corrected chi connectivity index (χ4v) is 1.86. The Morgan fingerprint density at radius 3 is 2.35 bits per heavy atom. The molecule has 0 saturated carbocycles. The van der Waals surface area contributed by atoms with Crippen LogP contribution >= 0.6 is 15.9 Å². The molecule has 4 heteroatoms. The van der Waals surface area contributed by atoms with Crippen LogP contribution in [0.5, 0.6) is 0 Å². The molecule has 1 nitrogen and oxygen atoms in total. The highest BCUT2D eigenvalue weighted by Gasteiger charge is 2.14. The van der Waals surface area contributed by atoms with Crippen molar-refractivity contribution in [1.82, 2.24) is 0 Å². The molecule has 0 aromatic heterocycles. The number of hydrogen-bond donors (Lipinski definition) is 1. The first-order valence-electron chi connectivity index (χ1n) is 5.04. The Balaban J connectivity index is 2.40. The molecule has 0 aliphatic rings. The van der Waals surface area contributed by atoms with Gasteiger partial charge in [0, 0.05) is 5.56 Å². The van der Waals surface area contributed by atoms with E-state index in [0.29, 0.717) is 15.6 Å². The van der Waals surface area contributed by atoms with Crippen molar-refractivity contribution in [2.45, 2.75) is 6.04 Å². The third kappa shape index (κ3) is 2.53. The quantitative estimate of drug-likeness (QED) is 0.897. The Labute approximate surface area is 106 Å². The van der Waals surface area contributed by atoms with Crippen LogP contribution < -0.4 is 5.73 Å². The molecular formula is C13H10BrF2N. The summed E-state index contributed by atoms with van der Waals surface area (Å²) in [5, 5.41) is 0. The van der Waals surface area contributed by atoms with Crippen molar-refractivity contribution in [3.8, 4) is 0 Å². The molecule has 2 N–H and O–H groups in total. The van der Waals surface area contributed by atoms with Crippen LogP contribution in [-0.4, -0.2) is 0 Å². The lowest BCUT2D eigenvalue weighted by molar-refractivity contribution is 0.594. The van der Waals surface area contributed by atoms with E-state index in [9.17, 15) is 8.78 Å². The maximum Gasteiger partial charge on any atom is 0.137 e. The Hall–Kier alpha value is -1.26. The van der Waals surface area contributed by atoms with Gasteiger partial charge in [0.25, 0.3) is 0 Å². The summed E-state index contributed by atoms with van der Waals surface area (Å²) in [5.41, 5.74) is 6.81. The van der Waals surface area contributed by atoms with Crippen LogP contribution in [0.3, 0.4) is 0 Å². The van der Waals surface area contributed by atoms with E-state index in [1.165, 1.54) is 12.1 Å². The number of halogens is 3. The van der Waals surface area contributed by atoms with Crippen LogP contribution in [0.25, 0.3) is 0 Å². The zero-order chi connectivity index (χ0) is 12.4. The Morgan fingerprint density at radius 2 is 1.71 bits per heavy atom. The van der Waals surface area contributed by atoms with Gasteiger partial charge in [0.1, 0.15) is 11.6 Å². The average molecular weight is 298 g/mol. The summed E-state index contributed by atoms with van der Waals surface area (Å²) in [6, 6.07) is 10.1. The summed E-state index contributed by atoms with van der Waals surface area (Å²) < 4.78 is 27.2. The van der Waals surface area contributed by atoms with Gasteiger partial charge in [-0.25, -0.2) is 8.78 Å². The molecule has 2 aromatic rings. The SMILES string of the molecule is NC(c1ccc(Br)c(F)c1)c1ccccc1F. The van der Waals surface area contributed by atoms with E-state index in [4.69, 9.17) is 5.73 Å². The van der Waals surface area contributed by atoms with Gasteiger partial charge >= 0.3 is 0 Å². The summed E-state index contributed by atoms with van der Waals surface area (Å²) in [7, 11) is 0. The highest BCUT2D eigenvalue weighted by molar-refractivity contribution is 9.10. The maximum atomic E-state index is 13.5. The molecule has 0 spiro atoms. The smallest absolute Gasteiger partial charge is 0.137 e. The lowest BCUT2D eigenvalue weighted by atomic mass is 9.99. The third-order valence-electron chi connectivity index (χ3n) is 2.54. The van der Waals surface area contributed by atoms with Gasteiger partial charge in [-0.15, -0.1) is 0 Å². The molecular weight excluding hydrogens is 288 g/mol. The van der Waals surface area contributed by atoms with E-state index in [1.54, 1.807) is 30.3 Å². The molecule has 1 atom stereocenters. The van der Waals surface area contributed by atoms with Crippen LogP contribution in [0.4, 0.5) is 8.78 Å². The van der Waals surface area contributed by atoms with Crippen molar-refractivity contribution in [3.63, 3.8) is 0 Å². The van der Waals surface area contributed by atoms with E-state index in [2.05, 4.69) is 15.9 Å². The number of benzene rings is 2. The molecule has 0 aliphatic carbocycles. The van der Waals surface area contributed by atoms with E-state index in [1.807, 2.05) is 0 Å². The minimum absolute atomic E-state index is 0.356. The predicted octanol–water partition coefficient (Wildman–Crippen LogP) is 3.78. The number of nitrogens with two attached hydrogens (primary N) is 1. The monoisotopic (exact) mass is 297 g/mol.